The lowest BCUT2D eigenvalue weighted by atomic mass is 10.2. The molecule has 2 aromatic carbocycles. The van der Waals surface area contributed by atoms with Gasteiger partial charge in [-0.25, -0.2) is 9.37 Å². The highest BCUT2D eigenvalue weighted by atomic mass is 32.1. The molecule has 1 atom stereocenters. The van der Waals surface area contributed by atoms with E-state index in [0.717, 1.165) is 4.88 Å². The third-order valence-corrected chi connectivity index (χ3v) is 6.31. The van der Waals surface area contributed by atoms with E-state index in [2.05, 4.69) is 20.2 Å². The number of nitrogens with zero attached hydrogens (tertiary/aromatic N) is 4. The van der Waals surface area contributed by atoms with Crippen LogP contribution in [0.2, 0.25) is 0 Å². The number of para-hydroxylation sites is 3. The first-order valence-electron chi connectivity index (χ1n) is 9.57. The summed E-state index contributed by atoms with van der Waals surface area (Å²) in [6, 6.07) is 15.5. The van der Waals surface area contributed by atoms with Crippen molar-refractivity contribution in [2.75, 3.05) is 7.11 Å². The molecule has 0 aliphatic carbocycles. The number of halogens is 1. The average molecular weight is 466 g/mol. The molecule has 10 heteroatoms. The van der Waals surface area contributed by atoms with Crippen LogP contribution in [-0.2, 0) is 0 Å². The van der Waals surface area contributed by atoms with Crippen LogP contribution in [0.1, 0.15) is 16.9 Å². The summed E-state index contributed by atoms with van der Waals surface area (Å²) in [5.74, 6) is 1.18. The smallest absolute Gasteiger partial charge is 0.258 e. The first-order chi connectivity index (χ1) is 15.6. The molecule has 3 aromatic heterocycles. The number of methoxy groups -OCH3 is 1. The summed E-state index contributed by atoms with van der Waals surface area (Å²) in [7, 11) is 1.58. The molecule has 7 nitrogen and oxygen atoms in total. The van der Waals surface area contributed by atoms with Crippen LogP contribution in [-0.4, -0.2) is 31.8 Å². The van der Waals surface area contributed by atoms with Crippen molar-refractivity contribution in [1.29, 1.82) is 0 Å². The van der Waals surface area contributed by atoms with Crippen LogP contribution in [0.5, 0.6) is 5.75 Å². The standard InChI is InChI=1S/C22H16FN5O2S2/c1-30-15-9-3-2-8-14(15)28-20(16-10-5-11-32-16)26-27-21(28)18(31)19-24-17-12(22(29)25-19)6-4-7-13(17)23/h2-11,18,31H,1H3,(H,24,25,29). The zero-order valence-corrected chi connectivity index (χ0v) is 18.4. The Morgan fingerprint density at radius 3 is 2.75 bits per heavy atom. The molecule has 0 aliphatic rings. The van der Waals surface area contributed by atoms with Crippen LogP contribution < -0.4 is 10.3 Å². The predicted octanol–water partition coefficient (Wildman–Crippen LogP) is 4.40. The number of H-pyrrole nitrogens is 1. The number of benzene rings is 2. The summed E-state index contributed by atoms with van der Waals surface area (Å²) < 4.78 is 21.7. The molecule has 0 aliphatic heterocycles. The number of hydrogen-bond donors (Lipinski definition) is 2. The molecule has 160 valence electrons. The summed E-state index contributed by atoms with van der Waals surface area (Å²) in [4.78, 5) is 20.5. The Morgan fingerprint density at radius 2 is 1.97 bits per heavy atom. The van der Waals surface area contributed by atoms with Crippen LogP contribution in [0.15, 0.2) is 64.8 Å². The van der Waals surface area contributed by atoms with Crippen LogP contribution in [0.4, 0.5) is 4.39 Å². The monoisotopic (exact) mass is 465 g/mol. The predicted molar refractivity (Wildman–Crippen MR) is 124 cm³/mol. The van der Waals surface area contributed by atoms with E-state index in [4.69, 9.17) is 17.4 Å². The molecule has 0 spiro atoms. The largest absolute Gasteiger partial charge is 0.495 e. The van der Waals surface area contributed by atoms with Crippen LogP contribution >= 0.6 is 24.0 Å². The Hall–Kier alpha value is -3.50. The van der Waals surface area contributed by atoms with E-state index >= 15 is 0 Å². The molecule has 1 N–H and O–H groups in total. The first-order valence-corrected chi connectivity index (χ1v) is 11.0. The van der Waals surface area contributed by atoms with Crippen molar-refractivity contribution in [2.45, 2.75) is 5.25 Å². The van der Waals surface area contributed by atoms with Gasteiger partial charge in [0, 0.05) is 0 Å². The highest BCUT2D eigenvalue weighted by Gasteiger charge is 2.26. The fourth-order valence-corrected chi connectivity index (χ4v) is 4.47. The molecule has 0 radical (unpaired) electrons. The molecule has 0 amide bonds. The second-order valence-electron chi connectivity index (χ2n) is 6.86. The maximum atomic E-state index is 14.4. The maximum Gasteiger partial charge on any atom is 0.258 e. The van der Waals surface area contributed by atoms with Crippen molar-refractivity contribution < 1.29 is 9.13 Å². The minimum Gasteiger partial charge on any atom is -0.495 e. The molecular weight excluding hydrogens is 449 g/mol. The van der Waals surface area contributed by atoms with Gasteiger partial charge in [-0.15, -0.1) is 21.5 Å². The minimum absolute atomic E-state index is 0.0212. The number of aromatic amines is 1. The second kappa shape index (κ2) is 8.21. The number of thiophene rings is 1. The van der Waals surface area contributed by atoms with Gasteiger partial charge < -0.3 is 9.72 Å². The summed E-state index contributed by atoms with van der Waals surface area (Å²) in [6.45, 7) is 0. The Kier molecular flexibility index (Phi) is 5.24. The van der Waals surface area contributed by atoms with Gasteiger partial charge in [-0.2, -0.15) is 12.6 Å². The van der Waals surface area contributed by atoms with Crippen LogP contribution in [0.25, 0.3) is 27.3 Å². The van der Waals surface area contributed by atoms with Gasteiger partial charge in [0.15, 0.2) is 11.6 Å². The van der Waals surface area contributed by atoms with Crippen molar-refractivity contribution in [2.24, 2.45) is 0 Å². The summed E-state index contributed by atoms with van der Waals surface area (Å²) >= 11 is 6.21. The Labute approximate surface area is 191 Å². The number of ether oxygens (including phenoxy) is 1. The third-order valence-electron chi connectivity index (χ3n) is 4.96. The van der Waals surface area contributed by atoms with E-state index in [1.807, 2.05) is 46.3 Å². The second-order valence-corrected chi connectivity index (χ2v) is 8.32. The lowest BCUT2D eigenvalue weighted by molar-refractivity contribution is 0.412. The van der Waals surface area contributed by atoms with E-state index in [1.54, 1.807) is 7.11 Å². The van der Waals surface area contributed by atoms with Crippen molar-refractivity contribution in [3.05, 3.63) is 87.8 Å². The topological polar surface area (TPSA) is 85.7 Å². The Morgan fingerprint density at radius 1 is 1.12 bits per heavy atom. The fourth-order valence-electron chi connectivity index (χ4n) is 3.49. The number of aromatic nitrogens is 5. The number of thiol groups is 1. The summed E-state index contributed by atoms with van der Waals surface area (Å²) in [5.41, 5.74) is 0.226. The van der Waals surface area contributed by atoms with Crippen molar-refractivity contribution >= 4 is 34.9 Å². The van der Waals surface area contributed by atoms with Crippen molar-refractivity contribution in [3.63, 3.8) is 0 Å². The summed E-state index contributed by atoms with van der Waals surface area (Å²) in [5, 5.41) is 10.1. The average Bonchev–Trinajstić information content (AvgIpc) is 3.49. The van der Waals surface area contributed by atoms with Gasteiger partial charge >= 0.3 is 0 Å². The van der Waals surface area contributed by atoms with E-state index in [9.17, 15) is 9.18 Å². The van der Waals surface area contributed by atoms with Gasteiger partial charge in [-0.05, 0) is 35.7 Å². The molecule has 1 unspecified atom stereocenters. The van der Waals surface area contributed by atoms with Gasteiger partial charge in [0.1, 0.15) is 28.2 Å². The van der Waals surface area contributed by atoms with Crippen LogP contribution in [0.3, 0.4) is 0 Å². The normalized spacial score (nSPS) is 12.2. The zero-order valence-electron chi connectivity index (χ0n) is 16.7. The zero-order chi connectivity index (χ0) is 22.2. The van der Waals surface area contributed by atoms with Crippen molar-refractivity contribution in [1.82, 2.24) is 24.7 Å². The number of rotatable bonds is 5. The SMILES string of the molecule is COc1ccccc1-n1c(-c2cccs2)nnc1C(S)c1nc2c(F)cccc2c(=O)[nH]1. The molecule has 5 rings (SSSR count). The molecule has 0 saturated heterocycles. The maximum absolute atomic E-state index is 14.4. The van der Waals surface area contributed by atoms with Crippen LogP contribution in [0, 0.1) is 5.82 Å². The van der Waals surface area contributed by atoms with Gasteiger partial charge in [-0.1, -0.05) is 24.3 Å². The molecule has 32 heavy (non-hydrogen) atoms. The van der Waals surface area contributed by atoms with Gasteiger partial charge in [0.25, 0.3) is 5.56 Å². The molecular formula is C22H16FN5O2S2. The minimum atomic E-state index is -0.794. The lowest BCUT2D eigenvalue weighted by Crippen LogP contribution is -2.16. The Balaban J connectivity index is 1.73. The molecule has 0 fully saturated rings. The molecule has 0 saturated carbocycles. The van der Waals surface area contributed by atoms with E-state index in [-0.39, 0.29) is 16.7 Å². The Bertz CT molecular complexity index is 1480. The third kappa shape index (κ3) is 3.37. The molecule has 0 bridgehead atoms. The van der Waals surface area contributed by atoms with Gasteiger partial charge in [-0.3, -0.25) is 9.36 Å². The van der Waals surface area contributed by atoms with E-state index < -0.39 is 16.6 Å². The quantitative estimate of drug-likeness (QED) is 0.376. The molecule has 5 aromatic rings. The van der Waals surface area contributed by atoms with E-state index in [1.165, 1.54) is 29.5 Å². The number of fused-ring (bicyclic) bond motifs is 1. The van der Waals surface area contributed by atoms with Crippen molar-refractivity contribution in [3.8, 4) is 22.1 Å². The van der Waals surface area contributed by atoms with Gasteiger partial charge in [0.2, 0.25) is 0 Å². The highest BCUT2D eigenvalue weighted by molar-refractivity contribution is 7.80. The molecule has 3 heterocycles. The fraction of sp³-hybridized carbons (Fsp3) is 0.0909. The van der Waals surface area contributed by atoms with E-state index in [0.29, 0.717) is 23.1 Å². The van der Waals surface area contributed by atoms with Gasteiger partial charge in [0.05, 0.1) is 23.1 Å². The highest BCUT2D eigenvalue weighted by Crippen LogP contribution is 2.35. The number of hydrogen-bond acceptors (Lipinski definition) is 7. The number of nitrogens with one attached hydrogen (secondary N) is 1. The summed E-state index contributed by atoms with van der Waals surface area (Å²) in [6.07, 6.45) is 0. The lowest BCUT2D eigenvalue weighted by Gasteiger charge is -2.16. The first kappa shape index (κ1) is 20.4.